The van der Waals surface area contributed by atoms with Gasteiger partial charge in [-0.15, -0.1) is 0 Å². The van der Waals surface area contributed by atoms with E-state index >= 15 is 0 Å². The molecule has 114 valence electrons. The molecule has 0 bridgehead atoms. The van der Waals surface area contributed by atoms with Gasteiger partial charge in [-0.05, 0) is 32.8 Å². The Labute approximate surface area is 125 Å². The van der Waals surface area contributed by atoms with E-state index in [0.717, 1.165) is 11.4 Å². The number of thiocarbonyl (C=S) groups is 1. The second-order valence-corrected chi connectivity index (χ2v) is 7.16. The molecule has 0 aliphatic carbocycles. The molecule has 20 heavy (non-hydrogen) atoms. The first-order valence-corrected chi connectivity index (χ1v) is 8.52. The van der Waals surface area contributed by atoms with E-state index in [1.54, 1.807) is 6.92 Å². The standard InChI is InChI=1S/C12H22N4O2S2/c1-4-11(12(13)19)20(17,18)14-6-5-7-16-10(3)8-9(2)15-16/h8,11,14H,4-7H2,1-3H3,(H2,13,19). The Balaban J connectivity index is 2.48. The van der Waals surface area contributed by atoms with E-state index in [0.29, 0.717) is 25.9 Å². The van der Waals surface area contributed by atoms with Crippen molar-refractivity contribution in [2.24, 2.45) is 5.73 Å². The normalized spacial score (nSPS) is 13.3. The zero-order chi connectivity index (χ0) is 15.3. The fraction of sp³-hybridized carbons (Fsp3) is 0.667. The first kappa shape index (κ1) is 17.1. The third kappa shape index (κ3) is 4.53. The van der Waals surface area contributed by atoms with Crippen molar-refractivity contribution in [2.75, 3.05) is 6.54 Å². The summed E-state index contributed by atoms with van der Waals surface area (Å²) in [6, 6.07) is 1.99. The van der Waals surface area contributed by atoms with Crippen molar-refractivity contribution in [3.8, 4) is 0 Å². The fourth-order valence-electron chi connectivity index (χ4n) is 2.02. The summed E-state index contributed by atoms with van der Waals surface area (Å²) in [6.45, 7) is 6.68. The first-order valence-electron chi connectivity index (χ1n) is 6.56. The minimum Gasteiger partial charge on any atom is -0.392 e. The molecule has 0 radical (unpaired) electrons. The highest BCUT2D eigenvalue weighted by Crippen LogP contribution is 2.06. The maximum atomic E-state index is 12.0. The summed E-state index contributed by atoms with van der Waals surface area (Å²) in [5.74, 6) is 0. The first-order chi connectivity index (χ1) is 9.27. The van der Waals surface area contributed by atoms with Gasteiger partial charge in [-0.1, -0.05) is 19.1 Å². The Hall–Kier alpha value is -0.990. The molecule has 0 saturated carbocycles. The van der Waals surface area contributed by atoms with Crippen molar-refractivity contribution >= 4 is 27.2 Å². The molecule has 0 fully saturated rings. The summed E-state index contributed by atoms with van der Waals surface area (Å²) in [6.07, 6.45) is 1.04. The monoisotopic (exact) mass is 318 g/mol. The highest BCUT2D eigenvalue weighted by molar-refractivity contribution is 7.93. The zero-order valence-corrected chi connectivity index (χ0v) is 13.7. The lowest BCUT2D eigenvalue weighted by molar-refractivity contribution is 0.541. The lowest BCUT2D eigenvalue weighted by Crippen LogP contribution is -2.42. The second kappa shape index (κ2) is 7.14. The summed E-state index contributed by atoms with van der Waals surface area (Å²) in [5, 5.41) is 3.52. The van der Waals surface area contributed by atoms with Crippen LogP contribution in [0.1, 0.15) is 31.2 Å². The average molecular weight is 318 g/mol. The summed E-state index contributed by atoms with van der Waals surface area (Å²) < 4.78 is 28.4. The summed E-state index contributed by atoms with van der Waals surface area (Å²) in [7, 11) is -3.48. The minimum absolute atomic E-state index is 0.0125. The number of nitrogens with two attached hydrogens (primary N) is 1. The summed E-state index contributed by atoms with van der Waals surface area (Å²) >= 11 is 4.78. The van der Waals surface area contributed by atoms with Crippen LogP contribution < -0.4 is 10.5 Å². The molecule has 6 nitrogen and oxygen atoms in total. The Bertz CT molecular complexity index is 566. The van der Waals surface area contributed by atoms with Gasteiger partial charge in [0.1, 0.15) is 5.25 Å². The van der Waals surface area contributed by atoms with Crippen LogP contribution in [0.15, 0.2) is 6.07 Å². The predicted octanol–water partition coefficient (Wildman–Crippen LogP) is 0.874. The van der Waals surface area contributed by atoms with Crippen LogP contribution in [0.4, 0.5) is 0 Å². The smallest absolute Gasteiger partial charge is 0.221 e. The highest BCUT2D eigenvalue weighted by atomic mass is 32.2. The number of aryl methyl sites for hydroxylation is 3. The number of hydrogen-bond acceptors (Lipinski definition) is 4. The van der Waals surface area contributed by atoms with Crippen molar-refractivity contribution in [3.05, 3.63) is 17.5 Å². The van der Waals surface area contributed by atoms with E-state index in [-0.39, 0.29) is 4.99 Å². The van der Waals surface area contributed by atoms with E-state index in [1.807, 2.05) is 24.6 Å². The number of hydrogen-bond donors (Lipinski definition) is 2. The van der Waals surface area contributed by atoms with E-state index in [1.165, 1.54) is 0 Å². The molecule has 3 N–H and O–H groups in total. The molecule has 8 heteroatoms. The summed E-state index contributed by atoms with van der Waals surface area (Å²) in [5.41, 5.74) is 7.48. The van der Waals surface area contributed by atoms with Crippen molar-refractivity contribution in [1.29, 1.82) is 0 Å². The van der Waals surface area contributed by atoms with Crippen LogP contribution in [-0.2, 0) is 16.6 Å². The van der Waals surface area contributed by atoms with Crippen LogP contribution in [0.2, 0.25) is 0 Å². The van der Waals surface area contributed by atoms with Crippen molar-refractivity contribution < 1.29 is 8.42 Å². The molecule has 0 saturated heterocycles. The van der Waals surface area contributed by atoms with Crippen LogP contribution >= 0.6 is 12.2 Å². The second-order valence-electron chi connectivity index (χ2n) is 4.74. The Morgan fingerprint density at radius 1 is 1.55 bits per heavy atom. The van der Waals surface area contributed by atoms with Gasteiger partial charge in [-0.2, -0.15) is 5.10 Å². The molecule has 1 aromatic heterocycles. The molecule has 0 amide bonds. The highest BCUT2D eigenvalue weighted by Gasteiger charge is 2.25. The number of sulfonamides is 1. The van der Waals surface area contributed by atoms with Gasteiger partial charge in [0.15, 0.2) is 0 Å². The van der Waals surface area contributed by atoms with Gasteiger partial charge in [0.2, 0.25) is 10.0 Å². The molecule has 1 heterocycles. The largest absolute Gasteiger partial charge is 0.392 e. The van der Waals surface area contributed by atoms with Crippen LogP contribution in [0.3, 0.4) is 0 Å². The van der Waals surface area contributed by atoms with E-state index in [4.69, 9.17) is 18.0 Å². The molecular formula is C12H22N4O2S2. The van der Waals surface area contributed by atoms with Crippen LogP contribution in [-0.4, -0.2) is 35.0 Å². The maximum absolute atomic E-state index is 12.0. The Kier molecular flexibility index (Phi) is 6.09. The third-order valence-electron chi connectivity index (χ3n) is 3.02. The van der Waals surface area contributed by atoms with Gasteiger partial charge < -0.3 is 5.73 Å². The van der Waals surface area contributed by atoms with Gasteiger partial charge in [0, 0.05) is 18.8 Å². The van der Waals surface area contributed by atoms with Crippen LogP contribution in [0.25, 0.3) is 0 Å². The fourth-order valence-corrected chi connectivity index (χ4v) is 3.94. The van der Waals surface area contributed by atoms with Crippen LogP contribution in [0.5, 0.6) is 0 Å². The minimum atomic E-state index is -3.48. The quantitative estimate of drug-likeness (QED) is 0.548. The molecular weight excluding hydrogens is 296 g/mol. The maximum Gasteiger partial charge on any atom is 0.221 e. The average Bonchev–Trinajstić information content (AvgIpc) is 2.63. The van der Waals surface area contributed by atoms with Gasteiger partial charge >= 0.3 is 0 Å². The van der Waals surface area contributed by atoms with Crippen molar-refractivity contribution in [2.45, 2.75) is 45.4 Å². The van der Waals surface area contributed by atoms with E-state index in [9.17, 15) is 8.42 Å². The number of aromatic nitrogens is 2. The molecule has 0 aliphatic rings. The Morgan fingerprint density at radius 2 is 2.20 bits per heavy atom. The molecule has 1 rings (SSSR count). The Morgan fingerprint density at radius 3 is 2.65 bits per heavy atom. The van der Waals surface area contributed by atoms with E-state index < -0.39 is 15.3 Å². The molecule has 0 aromatic carbocycles. The van der Waals surface area contributed by atoms with E-state index in [2.05, 4.69) is 9.82 Å². The molecule has 1 atom stereocenters. The molecule has 0 aliphatic heterocycles. The molecule has 0 spiro atoms. The number of rotatable bonds is 8. The lowest BCUT2D eigenvalue weighted by atomic mass is 10.3. The zero-order valence-electron chi connectivity index (χ0n) is 12.1. The topological polar surface area (TPSA) is 90.0 Å². The lowest BCUT2D eigenvalue weighted by Gasteiger charge is -2.15. The van der Waals surface area contributed by atoms with Gasteiger partial charge in [-0.25, -0.2) is 13.1 Å². The number of nitrogens with zero attached hydrogens (tertiary/aromatic N) is 2. The number of nitrogens with one attached hydrogen (secondary N) is 1. The summed E-state index contributed by atoms with van der Waals surface area (Å²) in [4.78, 5) is 0.0125. The SMILES string of the molecule is CCC(C(N)=S)S(=O)(=O)NCCCn1nc(C)cc1C. The van der Waals surface area contributed by atoms with Crippen molar-refractivity contribution in [3.63, 3.8) is 0 Å². The van der Waals surface area contributed by atoms with Gasteiger partial charge in [-0.3, -0.25) is 4.68 Å². The molecule has 1 unspecified atom stereocenters. The van der Waals surface area contributed by atoms with Gasteiger partial charge in [0.05, 0.1) is 10.7 Å². The predicted molar refractivity (Wildman–Crippen MR) is 84.1 cm³/mol. The van der Waals surface area contributed by atoms with Gasteiger partial charge in [0.25, 0.3) is 0 Å². The third-order valence-corrected chi connectivity index (χ3v) is 5.39. The van der Waals surface area contributed by atoms with Crippen LogP contribution in [0, 0.1) is 13.8 Å². The molecule has 1 aromatic rings. The van der Waals surface area contributed by atoms with Crippen molar-refractivity contribution in [1.82, 2.24) is 14.5 Å².